The molecule has 15 heavy (non-hydrogen) atoms. The second-order valence-corrected chi connectivity index (χ2v) is 2.81. The van der Waals surface area contributed by atoms with Crippen LogP contribution in [0.4, 0.5) is 13.2 Å². The highest BCUT2D eigenvalue weighted by Crippen LogP contribution is 2.22. The van der Waals surface area contributed by atoms with Gasteiger partial charge < -0.3 is 9.84 Å². The number of halogens is 3. The van der Waals surface area contributed by atoms with Crippen LogP contribution < -0.4 is 4.74 Å². The predicted molar refractivity (Wildman–Crippen MR) is 44.3 cm³/mol. The van der Waals surface area contributed by atoms with Gasteiger partial charge in [-0.05, 0) is 0 Å². The lowest BCUT2D eigenvalue weighted by Gasteiger charge is -2.13. The molecule has 1 aromatic rings. The minimum absolute atomic E-state index is 0.0756. The minimum Gasteiger partial charge on any atom is -0.481 e. The van der Waals surface area contributed by atoms with E-state index in [1.165, 1.54) is 13.2 Å². The maximum atomic E-state index is 12.0. The van der Waals surface area contributed by atoms with Crippen LogP contribution in [0.5, 0.6) is 5.88 Å². The number of aliphatic hydroxyl groups is 1. The molecule has 0 aliphatic heterocycles. The van der Waals surface area contributed by atoms with E-state index in [1.54, 1.807) is 0 Å². The summed E-state index contributed by atoms with van der Waals surface area (Å²) in [6.45, 7) is 0. The van der Waals surface area contributed by atoms with E-state index < -0.39 is 18.7 Å². The molecule has 1 rings (SSSR count). The van der Waals surface area contributed by atoms with Crippen molar-refractivity contribution >= 4 is 0 Å². The van der Waals surface area contributed by atoms with Crippen LogP contribution in [-0.4, -0.2) is 34.5 Å². The third-order valence-electron chi connectivity index (χ3n) is 1.69. The maximum Gasteiger partial charge on any atom is 0.414 e. The standard InChI is InChI=1S/C8H9F3N2O2/c1-15-7-3-5(12-4-13-7)2-6(14)8(9,10)11/h3-4,6,14H,2H2,1H3. The summed E-state index contributed by atoms with van der Waals surface area (Å²) >= 11 is 0. The van der Waals surface area contributed by atoms with Gasteiger partial charge in [0.05, 0.1) is 12.8 Å². The van der Waals surface area contributed by atoms with Crippen LogP contribution >= 0.6 is 0 Å². The molecule has 1 N–H and O–H groups in total. The lowest BCUT2D eigenvalue weighted by molar-refractivity contribution is -0.203. The van der Waals surface area contributed by atoms with E-state index in [1.807, 2.05) is 0 Å². The van der Waals surface area contributed by atoms with Gasteiger partial charge in [0.15, 0.2) is 6.10 Å². The van der Waals surface area contributed by atoms with Gasteiger partial charge in [-0.3, -0.25) is 0 Å². The van der Waals surface area contributed by atoms with E-state index in [2.05, 4.69) is 9.97 Å². The van der Waals surface area contributed by atoms with Gasteiger partial charge in [-0.25, -0.2) is 9.97 Å². The van der Waals surface area contributed by atoms with Gasteiger partial charge in [-0.1, -0.05) is 0 Å². The van der Waals surface area contributed by atoms with E-state index in [4.69, 9.17) is 9.84 Å². The first-order chi connectivity index (χ1) is 6.93. The Labute approximate surface area is 83.7 Å². The summed E-state index contributed by atoms with van der Waals surface area (Å²) in [5.41, 5.74) is 0.0756. The third kappa shape index (κ3) is 3.35. The Morgan fingerprint density at radius 1 is 1.47 bits per heavy atom. The highest BCUT2D eigenvalue weighted by Gasteiger charge is 2.38. The zero-order chi connectivity index (χ0) is 11.5. The maximum absolute atomic E-state index is 12.0. The van der Waals surface area contributed by atoms with Crippen molar-refractivity contribution in [2.24, 2.45) is 0 Å². The molecule has 0 radical (unpaired) electrons. The van der Waals surface area contributed by atoms with Gasteiger partial charge in [0.2, 0.25) is 5.88 Å². The van der Waals surface area contributed by atoms with E-state index in [0.717, 1.165) is 6.33 Å². The zero-order valence-electron chi connectivity index (χ0n) is 7.82. The molecule has 1 aromatic heterocycles. The fraction of sp³-hybridized carbons (Fsp3) is 0.500. The highest BCUT2D eigenvalue weighted by atomic mass is 19.4. The first-order valence-corrected chi connectivity index (χ1v) is 4.03. The van der Waals surface area contributed by atoms with Crippen molar-refractivity contribution in [3.05, 3.63) is 18.1 Å². The van der Waals surface area contributed by atoms with Crippen LogP contribution in [-0.2, 0) is 6.42 Å². The predicted octanol–water partition coefficient (Wildman–Crippen LogP) is 0.951. The number of ether oxygens (including phenoxy) is 1. The Balaban J connectivity index is 2.72. The van der Waals surface area contributed by atoms with Crippen LogP contribution in [0.1, 0.15) is 5.69 Å². The van der Waals surface area contributed by atoms with Crippen molar-refractivity contribution in [2.45, 2.75) is 18.7 Å². The van der Waals surface area contributed by atoms with Crippen molar-refractivity contribution in [3.8, 4) is 5.88 Å². The zero-order valence-corrected chi connectivity index (χ0v) is 7.82. The summed E-state index contributed by atoms with van der Waals surface area (Å²) in [5.74, 6) is 0.161. The normalized spacial score (nSPS) is 13.7. The Morgan fingerprint density at radius 2 is 2.13 bits per heavy atom. The van der Waals surface area contributed by atoms with E-state index in [0.29, 0.717) is 0 Å². The highest BCUT2D eigenvalue weighted by molar-refractivity contribution is 5.14. The second kappa shape index (κ2) is 4.43. The van der Waals surface area contributed by atoms with Gasteiger partial charge in [-0.2, -0.15) is 13.2 Å². The van der Waals surface area contributed by atoms with Crippen LogP contribution in [0.3, 0.4) is 0 Å². The van der Waals surface area contributed by atoms with E-state index in [9.17, 15) is 13.2 Å². The SMILES string of the molecule is COc1cc(CC(O)C(F)(F)F)ncn1. The van der Waals surface area contributed by atoms with Crippen LogP contribution in [0, 0.1) is 0 Å². The van der Waals surface area contributed by atoms with Crippen molar-refractivity contribution in [2.75, 3.05) is 7.11 Å². The third-order valence-corrected chi connectivity index (χ3v) is 1.69. The van der Waals surface area contributed by atoms with Crippen LogP contribution in [0.2, 0.25) is 0 Å². The Morgan fingerprint density at radius 3 is 2.67 bits per heavy atom. The molecule has 0 saturated carbocycles. The summed E-state index contributed by atoms with van der Waals surface area (Å²) in [5, 5.41) is 8.78. The molecule has 0 fully saturated rings. The second-order valence-electron chi connectivity index (χ2n) is 2.81. The molecule has 84 valence electrons. The van der Waals surface area contributed by atoms with E-state index >= 15 is 0 Å². The molecule has 1 heterocycles. The largest absolute Gasteiger partial charge is 0.481 e. The molecule has 1 unspecified atom stereocenters. The van der Waals surface area contributed by atoms with Crippen LogP contribution in [0.15, 0.2) is 12.4 Å². The Bertz CT molecular complexity index is 330. The van der Waals surface area contributed by atoms with Crippen molar-refractivity contribution < 1.29 is 23.0 Å². The number of methoxy groups -OCH3 is 1. The summed E-state index contributed by atoms with van der Waals surface area (Å²) in [4.78, 5) is 7.22. The number of rotatable bonds is 3. The lowest BCUT2D eigenvalue weighted by atomic mass is 10.2. The fourth-order valence-corrected chi connectivity index (χ4v) is 0.914. The molecular formula is C8H9F3N2O2. The smallest absolute Gasteiger partial charge is 0.414 e. The van der Waals surface area contributed by atoms with E-state index in [-0.39, 0.29) is 11.6 Å². The monoisotopic (exact) mass is 222 g/mol. The average Bonchev–Trinajstić information content (AvgIpc) is 2.16. The number of hydrogen-bond acceptors (Lipinski definition) is 4. The quantitative estimate of drug-likeness (QED) is 0.827. The number of nitrogens with zero attached hydrogens (tertiary/aromatic N) is 2. The molecule has 7 heteroatoms. The summed E-state index contributed by atoms with van der Waals surface area (Å²) < 4.78 is 40.7. The molecule has 4 nitrogen and oxygen atoms in total. The van der Waals surface area contributed by atoms with Crippen molar-refractivity contribution in [1.82, 2.24) is 9.97 Å². The first-order valence-electron chi connectivity index (χ1n) is 4.03. The van der Waals surface area contributed by atoms with Crippen molar-refractivity contribution in [1.29, 1.82) is 0 Å². The molecule has 0 aliphatic carbocycles. The minimum atomic E-state index is -4.64. The summed E-state index contributed by atoms with van der Waals surface area (Å²) in [6.07, 6.45) is -6.59. The lowest BCUT2D eigenvalue weighted by Crippen LogP contribution is -2.30. The number of aromatic nitrogens is 2. The molecule has 0 bridgehead atoms. The van der Waals surface area contributed by atoms with Crippen molar-refractivity contribution in [3.63, 3.8) is 0 Å². The molecule has 0 amide bonds. The summed E-state index contributed by atoms with van der Waals surface area (Å²) in [6, 6.07) is 1.24. The number of alkyl halides is 3. The number of hydrogen-bond donors (Lipinski definition) is 1. The van der Waals surface area contributed by atoms with Gasteiger partial charge >= 0.3 is 6.18 Å². The number of aliphatic hydroxyl groups excluding tert-OH is 1. The Kier molecular flexibility index (Phi) is 3.46. The van der Waals surface area contributed by atoms with Gasteiger partial charge in [0.25, 0.3) is 0 Å². The molecule has 0 aromatic carbocycles. The molecule has 1 atom stereocenters. The van der Waals surface area contributed by atoms with Gasteiger partial charge in [-0.15, -0.1) is 0 Å². The average molecular weight is 222 g/mol. The molecule has 0 spiro atoms. The first kappa shape index (κ1) is 11.7. The topological polar surface area (TPSA) is 55.2 Å². The fourth-order valence-electron chi connectivity index (χ4n) is 0.914. The van der Waals surface area contributed by atoms with Gasteiger partial charge in [0.1, 0.15) is 6.33 Å². The Hall–Kier alpha value is -1.37. The molecular weight excluding hydrogens is 213 g/mol. The summed E-state index contributed by atoms with van der Waals surface area (Å²) in [7, 11) is 1.34. The van der Waals surface area contributed by atoms with Crippen LogP contribution in [0.25, 0.3) is 0 Å². The van der Waals surface area contributed by atoms with Gasteiger partial charge in [0, 0.05) is 12.5 Å². The molecule has 0 saturated heterocycles. The molecule has 0 aliphatic rings.